The lowest BCUT2D eigenvalue weighted by molar-refractivity contribution is -0.144. The van der Waals surface area contributed by atoms with Gasteiger partial charge in [-0.15, -0.1) is 0 Å². The molecule has 110 valence electrons. The molecule has 1 N–H and O–H groups in total. The first-order chi connectivity index (χ1) is 9.00. The molecule has 1 rings (SSSR count). The number of thioether (sulfide) groups is 1. The third-order valence-electron chi connectivity index (χ3n) is 3.02. The molecule has 0 spiro atoms. The zero-order valence-electron chi connectivity index (χ0n) is 11.6. The van der Waals surface area contributed by atoms with Crippen LogP contribution in [0, 0.1) is 5.92 Å². The minimum atomic E-state index is -0.888. The molecule has 0 radical (unpaired) electrons. The Bertz CT molecular complexity index is 309. The van der Waals surface area contributed by atoms with Crippen molar-refractivity contribution in [3.8, 4) is 0 Å². The van der Waals surface area contributed by atoms with E-state index in [1.165, 1.54) is 0 Å². The van der Waals surface area contributed by atoms with Gasteiger partial charge in [0.25, 0.3) is 0 Å². The van der Waals surface area contributed by atoms with Crippen molar-refractivity contribution < 1.29 is 19.4 Å². The Morgan fingerprint density at radius 2 is 2.21 bits per heavy atom. The molecule has 1 atom stereocenters. The molecule has 1 heterocycles. The molecule has 1 amide bonds. The van der Waals surface area contributed by atoms with Gasteiger partial charge in [0.2, 0.25) is 5.91 Å². The van der Waals surface area contributed by atoms with Gasteiger partial charge in [-0.1, -0.05) is 13.8 Å². The second-order valence-corrected chi connectivity index (χ2v) is 6.25. The van der Waals surface area contributed by atoms with Gasteiger partial charge in [-0.3, -0.25) is 9.59 Å². The molecular weight excluding hydrogens is 266 g/mol. The quantitative estimate of drug-likeness (QED) is 0.719. The van der Waals surface area contributed by atoms with Crippen LogP contribution in [0.2, 0.25) is 0 Å². The molecule has 1 aliphatic rings. The van der Waals surface area contributed by atoms with Gasteiger partial charge >= 0.3 is 5.97 Å². The topological polar surface area (TPSA) is 66.8 Å². The summed E-state index contributed by atoms with van der Waals surface area (Å²) in [5.41, 5.74) is 0. The lowest BCUT2D eigenvalue weighted by Gasteiger charge is -2.34. The van der Waals surface area contributed by atoms with Crippen molar-refractivity contribution in [2.75, 3.05) is 31.3 Å². The summed E-state index contributed by atoms with van der Waals surface area (Å²) in [4.78, 5) is 24.5. The molecule has 19 heavy (non-hydrogen) atoms. The fourth-order valence-electron chi connectivity index (χ4n) is 1.92. The van der Waals surface area contributed by atoms with Crippen LogP contribution in [0.1, 0.15) is 26.7 Å². The first-order valence-electron chi connectivity index (χ1n) is 6.67. The fraction of sp³-hybridized carbons (Fsp3) is 0.846. The van der Waals surface area contributed by atoms with Crippen LogP contribution in [0.5, 0.6) is 0 Å². The molecule has 6 heteroatoms. The molecule has 0 aromatic rings. The third-order valence-corrected chi connectivity index (χ3v) is 4.00. The number of carboxylic acid groups (broad SMARTS) is 1. The highest BCUT2D eigenvalue weighted by Gasteiger charge is 2.28. The van der Waals surface area contributed by atoms with Crippen molar-refractivity contribution in [3.05, 3.63) is 0 Å². The van der Waals surface area contributed by atoms with Crippen LogP contribution in [0.15, 0.2) is 0 Å². The summed E-state index contributed by atoms with van der Waals surface area (Å²) in [6.45, 7) is 5.65. The van der Waals surface area contributed by atoms with E-state index >= 15 is 0 Å². The van der Waals surface area contributed by atoms with E-state index in [1.807, 2.05) is 0 Å². The van der Waals surface area contributed by atoms with Gasteiger partial charge in [-0.05, 0) is 18.1 Å². The van der Waals surface area contributed by atoms with Crippen LogP contribution < -0.4 is 0 Å². The molecular formula is C13H23NO4S. The van der Waals surface area contributed by atoms with Gasteiger partial charge in [0, 0.05) is 6.54 Å². The average molecular weight is 289 g/mol. The Balaban J connectivity index is 2.37. The number of morpholine rings is 1. The van der Waals surface area contributed by atoms with E-state index < -0.39 is 5.97 Å². The first-order valence-corrected chi connectivity index (χ1v) is 7.83. The molecule has 0 aromatic heterocycles. The summed E-state index contributed by atoms with van der Waals surface area (Å²) in [7, 11) is 0. The molecule has 0 aliphatic carbocycles. The number of rotatable bonds is 7. The van der Waals surface area contributed by atoms with Crippen LogP contribution in [0.4, 0.5) is 0 Å². The Kier molecular flexibility index (Phi) is 7.23. The van der Waals surface area contributed by atoms with Gasteiger partial charge < -0.3 is 14.7 Å². The fourth-order valence-corrected chi connectivity index (χ4v) is 3.04. The normalized spacial score (nSPS) is 19.7. The van der Waals surface area contributed by atoms with E-state index in [9.17, 15) is 9.59 Å². The van der Waals surface area contributed by atoms with Crippen LogP contribution in [-0.2, 0) is 14.3 Å². The smallest absolute Gasteiger partial charge is 0.305 e. The van der Waals surface area contributed by atoms with Crippen LogP contribution in [-0.4, -0.2) is 59.2 Å². The number of ether oxygens (including phenoxy) is 1. The SMILES string of the molecule is CC(C)CCSCC(=O)N1CCOCC1CC(=O)O. The number of hydrogen-bond acceptors (Lipinski definition) is 4. The molecule has 1 unspecified atom stereocenters. The number of hydrogen-bond donors (Lipinski definition) is 1. The highest BCUT2D eigenvalue weighted by Crippen LogP contribution is 2.15. The summed E-state index contributed by atoms with van der Waals surface area (Å²) in [5, 5.41) is 8.84. The van der Waals surface area contributed by atoms with E-state index in [0.717, 1.165) is 12.2 Å². The van der Waals surface area contributed by atoms with Crippen molar-refractivity contribution in [3.63, 3.8) is 0 Å². The van der Waals surface area contributed by atoms with E-state index in [0.29, 0.717) is 31.4 Å². The predicted octanol–water partition coefficient (Wildman–Crippen LogP) is 1.47. The molecule has 0 aromatic carbocycles. The Morgan fingerprint density at radius 1 is 1.47 bits per heavy atom. The number of carboxylic acids is 1. The summed E-state index contributed by atoms with van der Waals surface area (Å²) in [5.74, 6) is 1.19. The van der Waals surface area contributed by atoms with Gasteiger partial charge in [0.1, 0.15) is 0 Å². The molecule has 1 saturated heterocycles. The minimum absolute atomic E-state index is 0.0308. The summed E-state index contributed by atoms with van der Waals surface area (Å²) >= 11 is 1.62. The standard InChI is InChI=1S/C13H23NO4S/c1-10(2)3-6-19-9-12(15)14-4-5-18-8-11(14)7-13(16)17/h10-11H,3-9H2,1-2H3,(H,16,17). The van der Waals surface area contributed by atoms with Crippen molar-refractivity contribution in [2.45, 2.75) is 32.7 Å². The lowest BCUT2D eigenvalue weighted by atomic mass is 10.1. The number of nitrogens with zero attached hydrogens (tertiary/aromatic N) is 1. The zero-order chi connectivity index (χ0) is 14.3. The van der Waals surface area contributed by atoms with E-state index in [4.69, 9.17) is 9.84 Å². The summed E-state index contributed by atoms with van der Waals surface area (Å²) in [6, 6.07) is -0.315. The highest BCUT2D eigenvalue weighted by molar-refractivity contribution is 7.99. The van der Waals surface area contributed by atoms with Gasteiger partial charge in [-0.2, -0.15) is 11.8 Å². The molecule has 0 bridgehead atoms. The Hall–Kier alpha value is -0.750. The second kappa shape index (κ2) is 8.43. The highest BCUT2D eigenvalue weighted by atomic mass is 32.2. The molecule has 1 fully saturated rings. The van der Waals surface area contributed by atoms with Crippen LogP contribution in [0.25, 0.3) is 0 Å². The van der Waals surface area contributed by atoms with Crippen molar-refractivity contribution in [2.24, 2.45) is 5.92 Å². The van der Waals surface area contributed by atoms with Crippen molar-refractivity contribution >= 4 is 23.6 Å². The number of amides is 1. The Labute approximate surface area is 118 Å². The molecule has 0 saturated carbocycles. The van der Waals surface area contributed by atoms with E-state index in [1.54, 1.807) is 16.7 Å². The molecule has 5 nitrogen and oxygen atoms in total. The van der Waals surface area contributed by atoms with E-state index in [-0.39, 0.29) is 18.4 Å². The van der Waals surface area contributed by atoms with Crippen LogP contribution >= 0.6 is 11.8 Å². The average Bonchev–Trinajstić information content (AvgIpc) is 2.34. The van der Waals surface area contributed by atoms with Gasteiger partial charge in [0.05, 0.1) is 31.4 Å². The summed E-state index contributed by atoms with van der Waals surface area (Å²) in [6.07, 6.45) is 1.06. The number of aliphatic carboxylic acids is 1. The number of carbonyl (C=O) groups excluding carboxylic acids is 1. The zero-order valence-corrected chi connectivity index (χ0v) is 12.4. The lowest BCUT2D eigenvalue weighted by Crippen LogP contribution is -2.50. The molecule has 1 aliphatic heterocycles. The maximum Gasteiger partial charge on any atom is 0.305 e. The summed E-state index contributed by atoms with van der Waals surface area (Å²) < 4.78 is 5.26. The van der Waals surface area contributed by atoms with Gasteiger partial charge in [0.15, 0.2) is 0 Å². The maximum absolute atomic E-state index is 12.1. The van der Waals surface area contributed by atoms with Crippen LogP contribution in [0.3, 0.4) is 0 Å². The predicted molar refractivity (Wildman–Crippen MR) is 75.4 cm³/mol. The van der Waals surface area contributed by atoms with E-state index in [2.05, 4.69) is 13.8 Å². The minimum Gasteiger partial charge on any atom is -0.481 e. The largest absolute Gasteiger partial charge is 0.481 e. The van der Waals surface area contributed by atoms with Gasteiger partial charge in [-0.25, -0.2) is 0 Å². The monoisotopic (exact) mass is 289 g/mol. The van der Waals surface area contributed by atoms with Crippen molar-refractivity contribution in [1.82, 2.24) is 4.90 Å². The first kappa shape index (κ1) is 16.3. The second-order valence-electron chi connectivity index (χ2n) is 5.15. The third kappa shape index (κ3) is 6.29. The number of carbonyl (C=O) groups is 2. The Morgan fingerprint density at radius 3 is 2.84 bits per heavy atom. The maximum atomic E-state index is 12.1. The van der Waals surface area contributed by atoms with Crippen molar-refractivity contribution in [1.29, 1.82) is 0 Å².